The molecule has 3 rings (SSSR count). The molecule has 130 valence electrons. The van der Waals surface area contributed by atoms with Gasteiger partial charge in [-0.05, 0) is 44.0 Å². The minimum absolute atomic E-state index is 0.00836. The van der Waals surface area contributed by atoms with E-state index in [4.69, 9.17) is 4.74 Å². The molecule has 1 saturated heterocycles. The van der Waals surface area contributed by atoms with Gasteiger partial charge in [0.15, 0.2) is 6.61 Å². The van der Waals surface area contributed by atoms with Gasteiger partial charge in [0.25, 0.3) is 5.91 Å². The molecule has 0 saturated carbocycles. The summed E-state index contributed by atoms with van der Waals surface area (Å²) in [6.07, 6.45) is 3.61. The molecule has 2 amide bonds. The maximum Gasteiger partial charge on any atom is 0.257 e. The Kier molecular flexibility index (Phi) is 5.35. The first-order chi connectivity index (χ1) is 11.7. The molecule has 1 atom stereocenters. The Morgan fingerprint density at radius 1 is 1.42 bits per heavy atom. The first-order valence-electron chi connectivity index (χ1n) is 8.72. The monoisotopic (exact) mass is 331 g/mol. The van der Waals surface area contributed by atoms with E-state index in [1.54, 1.807) is 6.07 Å². The average Bonchev–Trinajstić information content (AvgIpc) is 3.05. The highest BCUT2D eigenvalue weighted by Crippen LogP contribution is 2.27. The van der Waals surface area contributed by atoms with Crippen molar-refractivity contribution >= 4 is 17.5 Å². The Labute approximate surface area is 142 Å². The maximum atomic E-state index is 12.0. The quantitative estimate of drug-likeness (QED) is 0.830. The van der Waals surface area contributed by atoms with E-state index >= 15 is 0 Å². The zero-order valence-corrected chi connectivity index (χ0v) is 14.1. The number of amides is 2. The molecule has 2 heterocycles. The van der Waals surface area contributed by atoms with Crippen LogP contribution in [-0.4, -0.2) is 49.0 Å². The molecule has 1 aromatic rings. The number of carbonyl (C=O) groups excluding carboxylic acids is 2. The van der Waals surface area contributed by atoms with E-state index in [0.29, 0.717) is 24.8 Å². The molecule has 0 unspecified atom stereocenters. The van der Waals surface area contributed by atoms with Gasteiger partial charge in [-0.1, -0.05) is 13.0 Å². The lowest BCUT2D eigenvalue weighted by molar-refractivity contribution is -0.123. The van der Waals surface area contributed by atoms with Gasteiger partial charge in [0.1, 0.15) is 5.75 Å². The summed E-state index contributed by atoms with van der Waals surface area (Å²) >= 11 is 0. The van der Waals surface area contributed by atoms with Gasteiger partial charge in [-0.25, -0.2) is 0 Å². The Bertz CT molecular complexity index is 618. The molecule has 24 heavy (non-hydrogen) atoms. The number of aryl methyl sites for hydroxylation is 1. The van der Waals surface area contributed by atoms with Gasteiger partial charge in [0.2, 0.25) is 5.91 Å². The van der Waals surface area contributed by atoms with Crippen LogP contribution in [0.4, 0.5) is 5.69 Å². The van der Waals surface area contributed by atoms with Crippen LogP contribution >= 0.6 is 0 Å². The smallest absolute Gasteiger partial charge is 0.257 e. The molecule has 0 aromatic heterocycles. The van der Waals surface area contributed by atoms with Gasteiger partial charge in [-0.15, -0.1) is 0 Å². The van der Waals surface area contributed by atoms with E-state index in [9.17, 15) is 9.59 Å². The number of likely N-dealkylation sites (tertiary alicyclic amines) is 1. The number of rotatable bonds is 6. The molecule has 0 radical (unpaired) electrons. The van der Waals surface area contributed by atoms with Crippen molar-refractivity contribution in [1.82, 2.24) is 10.2 Å². The van der Waals surface area contributed by atoms with Crippen molar-refractivity contribution in [2.24, 2.45) is 0 Å². The summed E-state index contributed by atoms with van der Waals surface area (Å²) in [5.41, 5.74) is 1.89. The highest BCUT2D eigenvalue weighted by Gasteiger charge is 2.23. The number of nitrogens with one attached hydrogen (secondary N) is 2. The third-order valence-corrected chi connectivity index (χ3v) is 4.79. The predicted molar refractivity (Wildman–Crippen MR) is 92.2 cm³/mol. The molecule has 0 spiro atoms. The normalized spacial score (nSPS) is 20.4. The summed E-state index contributed by atoms with van der Waals surface area (Å²) < 4.78 is 5.56. The van der Waals surface area contributed by atoms with Crippen LogP contribution in [0, 0.1) is 0 Å². The van der Waals surface area contributed by atoms with Gasteiger partial charge >= 0.3 is 0 Å². The third kappa shape index (κ3) is 4.06. The molecule has 6 nitrogen and oxygen atoms in total. The SMILES string of the molecule is CCN1CCC[C@H]1CNC(=O)COc1ccc2c(c1)NC(=O)CC2. The van der Waals surface area contributed by atoms with Crippen LogP contribution in [-0.2, 0) is 16.0 Å². The maximum absolute atomic E-state index is 12.0. The van der Waals surface area contributed by atoms with Crippen LogP contribution < -0.4 is 15.4 Å². The van der Waals surface area contributed by atoms with Gasteiger partial charge < -0.3 is 15.4 Å². The molecule has 1 aromatic carbocycles. The summed E-state index contributed by atoms with van der Waals surface area (Å²) in [7, 11) is 0. The number of hydrogen-bond donors (Lipinski definition) is 2. The van der Waals surface area contributed by atoms with Gasteiger partial charge in [-0.3, -0.25) is 14.5 Å². The van der Waals surface area contributed by atoms with Crippen molar-refractivity contribution in [2.45, 2.75) is 38.6 Å². The second-order valence-corrected chi connectivity index (χ2v) is 6.38. The van der Waals surface area contributed by atoms with Crippen LogP contribution in [0.5, 0.6) is 5.75 Å². The summed E-state index contributed by atoms with van der Waals surface area (Å²) in [5.74, 6) is 0.510. The minimum Gasteiger partial charge on any atom is -0.484 e. The number of carbonyl (C=O) groups is 2. The average molecular weight is 331 g/mol. The van der Waals surface area contributed by atoms with Gasteiger partial charge in [0.05, 0.1) is 0 Å². The number of nitrogens with zero attached hydrogens (tertiary/aromatic N) is 1. The molecular formula is C18H25N3O3. The van der Waals surface area contributed by atoms with Crippen molar-refractivity contribution in [3.8, 4) is 5.75 Å². The number of likely N-dealkylation sites (N-methyl/N-ethyl adjacent to an activating group) is 1. The minimum atomic E-state index is -0.111. The molecular weight excluding hydrogens is 306 g/mol. The van der Waals surface area contributed by atoms with Crippen LogP contribution in [0.15, 0.2) is 18.2 Å². The van der Waals surface area contributed by atoms with Crippen LogP contribution in [0.1, 0.15) is 31.7 Å². The second-order valence-electron chi connectivity index (χ2n) is 6.38. The molecule has 6 heteroatoms. The number of anilines is 1. The zero-order chi connectivity index (χ0) is 16.9. The highest BCUT2D eigenvalue weighted by atomic mass is 16.5. The Hall–Kier alpha value is -2.08. The molecule has 0 aliphatic carbocycles. The van der Waals surface area contributed by atoms with E-state index in [1.165, 1.54) is 6.42 Å². The van der Waals surface area contributed by atoms with Crippen LogP contribution in [0.3, 0.4) is 0 Å². The second kappa shape index (κ2) is 7.66. The molecule has 1 fully saturated rings. The van der Waals surface area contributed by atoms with Crippen molar-refractivity contribution in [3.05, 3.63) is 23.8 Å². The fourth-order valence-corrected chi connectivity index (χ4v) is 3.41. The molecule has 0 bridgehead atoms. The molecule has 2 aliphatic rings. The fourth-order valence-electron chi connectivity index (χ4n) is 3.41. The predicted octanol–water partition coefficient (Wildman–Crippen LogP) is 1.55. The summed E-state index contributed by atoms with van der Waals surface area (Å²) in [6, 6.07) is 6.02. The third-order valence-electron chi connectivity index (χ3n) is 4.79. The van der Waals surface area contributed by atoms with Crippen molar-refractivity contribution in [3.63, 3.8) is 0 Å². The lowest BCUT2D eigenvalue weighted by Gasteiger charge is -2.23. The Morgan fingerprint density at radius 3 is 3.12 bits per heavy atom. The standard InChI is InChI=1S/C18H25N3O3/c1-2-21-9-3-4-14(21)11-19-18(23)12-24-15-7-5-13-6-8-17(22)20-16(13)10-15/h5,7,10,14H,2-4,6,8-9,11-12H2,1H3,(H,19,23)(H,20,22)/t14-/m0/s1. The lowest BCUT2D eigenvalue weighted by atomic mass is 10.0. The van der Waals surface area contributed by atoms with E-state index in [2.05, 4.69) is 22.5 Å². The van der Waals surface area contributed by atoms with E-state index in [-0.39, 0.29) is 18.4 Å². The van der Waals surface area contributed by atoms with Gasteiger partial charge in [-0.2, -0.15) is 0 Å². The largest absolute Gasteiger partial charge is 0.484 e. The first-order valence-corrected chi connectivity index (χ1v) is 8.72. The number of ether oxygens (including phenoxy) is 1. The molecule has 2 N–H and O–H groups in total. The topological polar surface area (TPSA) is 70.7 Å². The first kappa shape index (κ1) is 16.8. The van der Waals surface area contributed by atoms with Crippen LogP contribution in [0.2, 0.25) is 0 Å². The van der Waals surface area contributed by atoms with Crippen molar-refractivity contribution in [1.29, 1.82) is 0 Å². The zero-order valence-electron chi connectivity index (χ0n) is 14.1. The van der Waals surface area contributed by atoms with Crippen molar-refractivity contribution in [2.75, 3.05) is 31.6 Å². The van der Waals surface area contributed by atoms with Crippen molar-refractivity contribution < 1.29 is 14.3 Å². The fraction of sp³-hybridized carbons (Fsp3) is 0.556. The van der Waals surface area contributed by atoms with Gasteiger partial charge in [0, 0.05) is 30.8 Å². The highest BCUT2D eigenvalue weighted by molar-refractivity contribution is 5.94. The number of hydrogen-bond acceptors (Lipinski definition) is 4. The summed E-state index contributed by atoms with van der Waals surface area (Å²) in [6.45, 7) is 4.96. The van der Waals surface area contributed by atoms with E-state index in [0.717, 1.165) is 37.2 Å². The number of fused-ring (bicyclic) bond motifs is 1. The van der Waals surface area contributed by atoms with E-state index < -0.39 is 0 Å². The molecule has 2 aliphatic heterocycles. The lowest BCUT2D eigenvalue weighted by Crippen LogP contribution is -2.41. The summed E-state index contributed by atoms with van der Waals surface area (Å²) in [4.78, 5) is 25.8. The Morgan fingerprint density at radius 2 is 2.29 bits per heavy atom. The van der Waals surface area contributed by atoms with Crippen LogP contribution in [0.25, 0.3) is 0 Å². The van der Waals surface area contributed by atoms with E-state index in [1.807, 2.05) is 12.1 Å². The summed E-state index contributed by atoms with van der Waals surface area (Å²) in [5, 5.41) is 5.79. The Balaban J connectivity index is 1.46. The number of benzene rings is 1.